The van der Waals surface area contributed by atoms with E-state index in [0.717, 1.165) is 0 Å². The molecule has 0 aliphatic carbocycles. The van der Waals surface area contributed by atoms with Gasteiger partial charge in [0, 0.05) is 17.2 Å². The van der Waals surface area contributed by atoms with E-state index in [1.54, 1.807) is 30.3 Å². The van der Waals surface area contributed by atoms with E-state index < -0.39 is 6.03 Å². The van der Waals surface area contributed by atoms with E-state index in [2.05, 4.69) is 10.6 Å². The molecule has 0 aromatic heterocycles. The number of carbonyl (C=O) groups is 1. The number of nitrogens with one attached hydrogen (secondary N) is 2. The summed E-state index contributed by atoms with van der Waals surface area (Å²) in [7, 11) is 4.45. The summed E-state index contributed by atoms with van der Waals surface area (Å²) in [6.45, 7) is 0. The van der Waals surface area contributed by atoms with Gasteiger partial charge in [0.2, 0.25) is 0 Å². The Bertz CT molecular complexity index is 753. The average Bonchev–Trinajstić information content (AvgIpc) is 2.56. The van der Waals surface area contributed by atoms with Crippen LogP contribution in [0.1, 0.15) is 0 Å². The minimum Gasteiger partial charge on any atom is -0.495 e. The molecule has 0 aliphatic rings. The van der Waals surface area contributed by atoms with Crippen LogP contribution >= 0.6 is 23.2 Å². The average molecular weight is 371 g/mol. The molecule has 8 heteroatoms. The Morgan fingerprint density at radius 2 is 1.42 bits per heavy atom. The normalized spacial score (nSPS) is 10.0. The SMILES string of the molecule is COc1cc(NC(=O)Nc2cc(Cl)ccc2OC)c(OC)cc1Cl. The first-order chi connectivity index (χ1) is 11.5. The van der Waals surface area contributed by atoms with Crippen molar-refractivity contribution in [1.82, 2.24) is 0 Å². The Balaban J connectivity index is 2.22. The quantitative estimate of drug-likeness (QED) is 0.802. The molecule has 6 nitrogen and oxygen atoms in total. The molecule has 2 aromatic carbocycles. The molecule has 0 spiro atoms. The number of methoxy groups -OCH3 is 3. The molecule has 0 saturated heterocycles. The van der Waals surface area contributed by atoms with Crippen LogP contribution in [-0.4, -0.2) is 27.4 Å². The maximum Gasteiger partial charge on any atom is 0.323 e. The van der Waals surface area contributed by atoms with Gasteiger partial charge in [0.1, 0.15) is 17.2 Å². The molecule has 0 heterocycles. The highest BCUT2D eigenvalue weighted by Gasteiger charge is 2.14. The second kappa shape index (κ2) is 7.99. The molecule has 128 valence electrons. The van der Waals surface area contributed by atoms with Crippen LogP contribution in [0.15, 0.2) is 30.3 Å². The zero-order chi connectivity index (χ0) is 17.7. The van der Waals surface area contributed by atoms with Crippen LogP contribution in [0.3, 0.4) is 0 Å². The van der Waals surface area contributed by atoms with Crippen LogP contribution in [0.2, 0.25) is 10.0 Å². The molecule has 0 bridgehead atoms. The van der Waals surface area contributed by atoms with Gasteiger partial charge in [0.15, 0.2) is 0 Å². The van der Waals surface area contributed by atoms with E-state index in [4.69, 9.17) is 37.4 Å². The van der Waals surface area contributed by atoms with Gasteiger partial charge in [-0.05, 0) is 18.2 Å². The van der Waals surface area contributed by atoms with E-state index in [9.17, 15) is 4.79 Å². The number of hydrogen-bond donors (Lipinski definition) is 2. The molecule has 2 aromatic rings. The van der Waals surface area contributed by atoms with Crippen LogP contribution in [0.4, 0.5) is 16.2 Å². The predicted octanol–water partition coefficient (Wildman–Crippen LogP) is 4.66. The van der Waals surface area contributed by atoms with Crippen molar-refractivity contribution in [1.29, 1.82) is 0 Å². The molecule has 0 aliphatic heterocycles. The lowest BCUT2D eigenvalue weighted by atomic mass is 10.2. The molecular weight excluding hydrogens is 355 g/mol. The monoisotopic (exact) mass is 370 g/mol. The molecule has 24 heavy (non-hydrogen) atoms. The molecule has 0 atom stereocenters. The van der Waals surface area contributed by atoms with Crippen LogP contribution in [0, 0.1) is 0 Å². The first kappa shape index (κ1) is 18.0. The van der Waals surface area contributed by atoms with Gasteiger partial charge in [0.25, 0.3) is 0 Å². The summed E-state index contributed by atoms with van der Waals surface area (Å²) in [5.41, 5.74) is 0.833. The maximum atomic E-state index is 12.3. The summed E-state index contributed by atoms with van der Waals surface area (Å²) in [5.74, 6) is 1.29. The summed E-state index contributed by atoms with van der Waals surface area (Å²) >= 11 is 12.0. The molecular formula is C16H16Cl2N2O4. The Hall–Kier alpha value is -2.31. The number of halogens is 2. The van der Waals surface area contributed by atoms with Gasteiger partial charge < -0.3 is 24.8 Å². The fraction of sp³-hybridized carbons (Fsp3) is 0.188. The standard InChI is InChI=1S/C16H16Cl2N2O4/c1-22-13-5-4-9(17)6-11(13)19-16(21)20-12-8-14(23-2)10(18)7-15(12)24-3/h4-8H,1-3H3,(H2,19,20,21). The van der Waals surface area contributed by atoms with Gasteiger partial charge >= 0.3 is 6.03 Å². The summed E-state index contributed by atoms with van der Waals surface area (Å²) in [6.07, 6.45) is 0. The minimum atomic E-state index is -0.502. The second-order valence-corrected chi connectivity index (χ2v) is 5.45. The van der Waals surface area contributed by atoms with Crippen LogP contribution in [0.5, 0.6) is 17.2 Å². The molecule has 0 unspecified atom stereocenters. The largest absolute Gasteiger partial charge is 0.495 e. The van der Waals surface area contributed by atoms with Crippen molar-refractivity contribution in [3.63, 3.8) is 0 Å². The Labute approximate surface area is 149 Å². The van der Waals surface area contributed by atoms with Gasteiger partial charge in [-0.2, -0.15) is 0 Å². The highest BCUT2D eigenvalue weighted by molar-refractivity contribution is 6.32. The van der Waals surface area contributed by atoms with Gasteiger partial charge in [0.05, 0.1) is 37.7 Å². The first-order valence-corrected chi connectivity index (χ1v) is 7.57. The topological polar surface area (TPSA) is 68.8 Å². The summed E-state index contributed by atoms with van der Waals surface area (Å²) in [4.78, 5) is 12.3. The van der Waals surface area contributed by atoms with Crippen LogP contribution < -0.4 is 24.8 Å². The Morgan fingerprint density at radius 3 is 2.00 bits per heavy atom. The molecule has 2 rings (SSSR count). The highest BCUT2D eigenvalue weighted by Crippen LogP contribution is 2.36. The van der Waals surface area contributed by atoms with Gasteiger partial charge in [-0.25, -0.2) is 4.79 Å². The van der Waals surface area contributed by atoms with Gasteiger partial charge in [-0.15, -0.1) is 0 Å². The van der Waals surface area contributed by atoms with Crippen molar-refractivity contribution in [3.05, 3.63) is 40.4 Å². The van der Waals surface area contributed by atoms with E-state index in [1.807, 2.05) is 0 Å². The third-order valence-electron chi connectivity index (χ3n) is 3.13. The molecule has 2 N–H and O–H groups in total. The van der Waals surface area contributed by atoms with Crippen molar-refractivity contribution < 1.29 is 19.0 Å². The van der Waals surface area contributed by atoms with E-state index in [-0.39, 0.29) is 0 Å². The first-order valence-electron chi connectivity index (χ1n) is 6.81. The zero-order valence-corrected chi connectivity index (χ0v) is 14.8. The summed E-state index contributed by atoms with van der Waals surface area (Å²) in [6, 6.07) is 7.52. The number of rotatable bonds is 5. The second-order valence-electron chi connectivity index (χ2n) is 4.61. The number of benzene rings is 2. The third kappa shape index (κ3) is 4.15. The maximum absolute atomic E-state index is 12.3. The van der Waals surface area contributed by atoms with Crippen molar-refractivity contribution in [2.75, 3.05) is 32.0 Å². The fourth-order valence-corrected chi connectivity index (χ4v) is 2.41. The lowest BCUT2D eigenvalue weighted by Gasteiger charge is -2.15. The summed E-state index contributed by atoms with van der Waals surface area (Å²) < 4.78 is 15.5. The predicted molar refractivity (Wildman–Crippen MR) is 95.2 cm³/mol. The Morgan fingerprint density at radius 1 is 0.833 bits per heavy atom. The zero-order valence-electron chi connectivity index (χ0n) is 13.3. The summed E-state index contributed by atoms with van der Waals surface area (Å²) in [5, 5.41) is 6.18. The van der Waals surface area contributed by atoms with Gasteiger partial charge in [-0.3, -0.25) is 0 Å². The van der Waals surface area contributed by atoms with E-state index in [0.29, 0.717) is 38.7 Å². The smallest absolute Gasteiger partial charge is 0.323 e. The number of urea groups is 1. The third-order valence-corrected chi connectivity index (χ3v) is 3.66. The minimum absolute atomic E-state index is 0.372. The number of amides is 2. The van der Waals surface area contributed by atoms with Crippen molar-refractivity contribution in [3.8, 4) is 17.2 Å². The number of anilines is 2. The van der Waals surface area contributed by atoms with Crippen molar-refractivity contribution in [2.45, 2.75) is 0 Å². The molecule has 0 radical (unpaired) electrons. The highest BCUT2D eigenvalue weighted by atomic mass is 35.5. The van der Waals surface area contributed by atoms with Crippen molar-refractivity contribution >= 4 is 40.6 Å². The fourth-order valence-electron chi connectivity index (χ4n) is 2.01. The van der Waals surface area contributed by atoms with Crippen molar-refractivity contribution in [2.24, 2.45) is 0 Å². The van der Waals surface area contributed by atoms with E-state index in [1.165, 1.54) is 21.3 Å². The van der Waals surface area contributed by atoms with Gasteiger partial charge in [-0.1, -0.05) is 23.2 Å². The Kier molecular flexibility index (Phi) is 6.00. The number of carbonyl (C=O) groups excluding carboxylic acids is 1. The lowest BCUT2D eigenvalue weighted by molar-refractivity contribution is 0.262. The molecule has 2 amide bonds. The number of hydrogen-bond acceptors (Lipinski definition) is 4. The number of ether oxygens (including phenoxy) is 3. The lowest BCUT2D eigenvalue weighted by Crippen LogP contribution is -2.20. The molecule has 0 saturated carbocycles. The van der Waals surface area contributed by atoms with E-state index >= 15 is 0 Å². The molecule has 0 fully saturated rings. The van der Waals surface area contributed by atoms with Crippen LogP contribution in [0.25, 0.3) is 0 Å². The van der Waals surface area contributed by atoms with Crippen LogP contribution in [-0.2, 0) is 0 Å².